The fourth-order valence-electron chi connectivity index (χ4n) is 3.80. The van der Waals surface area contributed by atoms with Gasteiger partial charge in [-0.05, 0) is 41.8 Å². The van der Waals surface area contributed by atoms with E-state index >= 15 is 0 Å². The van der Waals surface area contributed by atoms with Crippen molar-refractivity contribution in [3.63, 3.8) is 0 Å². The Hall–Kier alpha value is -2.86. The number of amides is 1. The van der Waals surface area contributed by atoms with Crippen molar-refractivity contribution in [2.24, 2.45) is 0 Å². The lowest BCUT2D eigenvalue weighted by atomic mass is 9.93. The van der Waals surface area contributed by atoms with Crippen LogP contribution < -0.4 is 5.76 Å². The minimum Gasteiger partial charge on any atom is -0.408 e. The zero-order chi connectivity index (χ0) is 17.8. The third-order valence-electron chi connectivity index (χ3n) is 5.43. The Morgan fingerprint density at radius 2 is 2.00 bits per heavy atom. The summed E-state index contributed by atoms with van der Waals surface area (Å²) >= 11 is 0. The number of benzene rings is 2. The lowest BCUT2D eigenvalue weighted by Gasteiger charge is -2.27. The maximum Gasteiger partial charge on any atom is 0.417 e. The molecule has 2 aliphatic heterocycles. The van der Waals surface area contributed by atoms with Crippen LogP contribution in [0.15, 0.2) is 45.6 Å². The molecule has 0 spiro atoms. The molecule has 0 bridgehead atoms. The third kappa shape index (κ3) is 2.29. The van der Waals surface area contributed by atoms with Gasteiger partial charge in [0, 0.05) is 18.0 Å². The summed E-state index contributed by atoms with van der Waals surface area (Å²) in [5.41, 5.74) is 5.20. The number of hydrogen-bond donors (Lipinski definition) is 1. The number of H-pyrrole nitrogens is 1. The Labute approximate surface area is 149 Å². The highest BCUT2D eigenvalue weighted by Gasteiger charge is 2.35. The highest BCUT2D eigenvalue weighted by molar-refractivity contribution is 5.99. The molecule has 26 heavy (non-hydrogen) atoms. The molecule has 1 fully saturated rings. The van der Waals surface area contributed by atoms with Gasteiger partial charge in [0.2, 0.25) is 0 Å². The second kappa shape index (κ2) is 5.57. The van der Waals surface area contributed by atoms with Crippen molar-refractivity contribution in [1.82, 2.24) is 9.88 Å². The number of hydrogen-bond acceptors (Lipinski definition) is 4. The maximum atomic E-state index is 12.9. The zero-order valence-electron chi connectivity index (χ0n) is 14.3. The molecule has 132 valence electrons. The Kier molecular flexibility index (Phi) is 3.30. The number of oxazole rings is 1. The monoisotopic (exact) mass is 350 g/mol. The number of fused-ring (bicyclic) bond motifs is 2. The molecule has 1 atom stereocenters. The number of carbonyl (C=O) groups excluding carboxylic acids is 1. The van der Waals surface area contributed by atoms with Crippen molar-refractivity contribution in [2.75, 3.05) is 13.2 Å². The van der Waals surface area contributed by atoms with Gasteiger partial charge in [-0.3, -0.25) is 9.78 Å². The smallest absolute Gasteiger partial charge is 0.408 e. The van der Waals surface area contributed by atoms with Crippen LogP contribution in [0.5, 0.6) is 0 Å². The molecule has 2 aromatic carbocycles. The summed E-state index contributed by atoms with van der Waals surface area (Å²) in [5.74, 6) is 0.0118. The highest BCUT2D eigenvalue weighted by atomic mass is 16.5. The average Bonchev–Trinajstić information content (AvgIpc) is 3.05. The van der Waals surface area contributed by atoms with E-state index in [0.29, 0.717) is 23.6 Å². The van der Waals surface area contributed by atoms with Gasteiger partial charge in [0.15, 0.2) is 5.58 Å². The molecule has 1 amide bonds. The van der Waals surface area contributed by atoms with Gasteiger partial charge in [-0.2, -0.15) is 0 Å². The van der Waals surface area contributed by atoms with Gasteiger partial charge in [-0.25, -0.2) is 4.79 Å². The molecule has 6 nitrogen and oxygen atoms in total. The molecule has 2 aliphatic rings. The molecule has 3 aromatic rings. The van der Waals surface area contributed by atoms with E-state index in [2.05, 4.69) is 18.0 Å². The lowest BCUT2D eigenvalue weighted by molar-refractivity contribution is 0.00838. The van der Waals surface area contributed by atoms with Gasteiger partial charge >= 0.3 is 5.76 Å². The SMILES string of the molecule is C[C@H]1c2cc(C3COC3)ccc2C(=O)N1Cc1ccc2[nH]c(=O)oc2c1. The normalized spacial score (nSPS) is 19.8. The van der Waals surface area contributed by atoms with Gasteiger partial charge in [0.05, 0.1) is 24.8 Å². The highest BCUT2D eigenvalue weighted by Crippen LogP contribution is 2.37. The molecule has 3 heterocycles. The molecular weight excluding hydrogens is 332 g/mol. The first kappa shape index (κ1) is 15.4. The van der Waals surface area contributed by atoms with Crippen LogP contribution in [0.4, 0.5) is 0 Å². The van der Waals surface area contributed by atoms with E-state index < -0.39 is 5.76 Å². The maximum absolute atomic E-state index is 12.9. The second-order valence-electron chi connectivity index (χ2n) is 7.04. The summed E-state index contributed by atoms with van der Waals surface area (Å²) < 4.78 is 10.4. The molecule has 6 heteroatoms. The van der Waals surface area contributed by atoms with Gasteiger partial charge in [0.1, 0.15) is 0 Å². The number of rotatable bonds is 3. The molecule has 1 saturated heterocycles. The van der Waals surface area contributed by atoms with E-state index in [0.717, 1.165) is 29.9 Å². The number of aromatic nitrogens is 1. The summed E-state index contributed by atoms with van der Waals surface area (Å²) in [6, 6.07) is 11.7. The van der Waals surface area contributed by atoms with Crippen molar-refractivity contribution in [3.8, 4) is 0 Å². The minimum absolute atomic E-state index is 0.00683. The van der Waals surface area contributed by atoms with E-state index in [1.807, 2.05) is 35.2 Å². The Morgan fingerprint density at radius 3 is 2.77 bits per heavy atom. The second-order valence-corrected chi connectivity index (χ2v) is 7.04. The number of nitrogens with zero attached hydrogens (tertiary/aromatic N) is 1. The first-order valence-electron chi connectivity index (χ1n) is 8.74. The third-order valence-corrected chi connectivity index (χ3v) is 5.43. The van der Waals surface area contributed by atoms with E-state index in [-0.39, 0.29) is 11.9 Å². The van der Waals surface area contributed by atoms with Crippen LogP contribution in [0, 0.1) is 0 Å². The summed E-state index contributed by atoms with van der Waals surface area (Å²) in [4.78, 5) is 28.7. The lowest BCUT2D eigenvalue weighted by Crippen LogP contribution is -2.26. The number of aromatic amines is 1. The predicted molar refractivity (Wildman–Crippen MR) is 95.1 cm³/mol. The van der Waals surface area contributed by atoms with Gasteiger partial charge in [-0.1, -0.05) is 18.2 Å². The van der Waals surface area contributed by atoms with Crippen LogP contribution >= 0.6 is 0 Å². The van der Waals surface area contributed by atoms with Crippen molar-refractivity contribution in [2.45, 2.75) is 25.4 Å². The van der Waals surface area contributed by atoms with Gasteiger partial charge in [-0.15, -0.1) is 0 Å². The van der Waals surface area contributed by atoms with Crippen LogP contribution in [0.2, 0.25) is 0 Å². The Balaban J connectivity index is 1.45. The number of ether oxygens (including phenoxy) is 1. The fourth-order valence-corrected chi connectivity index (χ4v) is 3.80. The standard InChI is InChI=1S/C20H18N2O4/c1-11-16-7-13(14-9-25-10-14)3-4-15(16)19(23)22(11)8-12-2-5-17-18(6-12)26-20(24)21-17/h2-7,11,14H,8-10H2,1H3,(H,21,24)/t11-/m0/s1. The molecule has 0 unspecified atom stereocenters. The molecular formula is C20H18N2O4. The molecule has 1 N–H and O–H groups in total. The largest absolute Gasteiger partial charge is 0.417 e. The van der Waals surface area contributed by atoms with Crippen LogP contribution in [-0.2, 0) is 11.3 Å². The summed E-state index contributed by atoms with van der Waals surface area (Å²) in [6.07, 6.45) is 0. The molecule has 5 rings (SSSR count). The Morgan fingerprint density at radius 1 is 1.15 bits per heavy atom. The zero-order valence-corrected chi connectivity index (χ0v) is 14.3. The average molecular weight is 350 g/mol. The van der Waals surface area contributed by atoms with Crippen molar-refractivity contribution < 1.29 is 13.9 Å². The molecule has 0 saturated carbocycles. The van der Waals surface area contributed by atoms with Crippen LogP contribution in [0.25, 0.3) is 11.1 Å². The van der Waals surface area contributed by atoms with Gasteiger partial charge < -0.3 is 14.1 Å². The van der Waals surface area contributed by atoms with Crippen molar-refractivity contribution in [3.05, 3.63) is 69.2 Å². The number of nitrogens with one attached hydrogen (secondary N) is 1. The first-order valence-corrected chi connectivity index (χ1v) is 8.74. The summed E-state index contributed by atoms with van der Waals surface area (Å²) in [6.45, 7) is 4.04. The summed E-state index contributed by atoms with van der Waals surface area (Å²) in [5, 5.41) is 0. The first-order chi connectivity index (χ1) is 12.6. The van der Waals surface area contributed by atoms with E-state index in [1.165, 1.54) is 5.56 Å². The topological polar surface area (TPSA) is 75.5 Å². The molecule has 0 aliphatic carbocycles. The number of carbonyl (C=O) groups is 1. The van der Waals surface area contributed by atoms with Crippen LogP contribution in [0.1, 0.15) is 45.9 Å². The minimum atomic E-state index is -0.470. The molecule has 0 radical (unpaired) electrons. The van der Waals surface area contributed by atoms with Crippen LogP contribution in [0.3, 0.4) is 0 Å². The van der Waals surface area contributed by atoms with E-state index in [9.17, 15) is 9.59 Å². The van der Waals surface area contributed by atoms with E-state index in [1.54, 1.807) is 0 Å². The van der Waals surface area contributed by atoms with Crippen molar-refractivity contribution in [1.29, 1.82) is 0 Å². The van der Waals surface area contributed by atoms with E-state index in [4.69, 9.17) is 9.15 Å². The molecule has 1 aromatic heterocycles. The predicted octanol–water partition coefficient (Wildman–Crippen LogP) is 2.95. The summed E-state index contributed by atoms with van der Waals surface area (Å²) in [7, 11) is 0. The van der Waals surface area contributed by atoms with Crippen molar-refractivity contribution >= 4 is 17.0 Å². The Bertz CT molecular complexity index is 1080. The van der Waals surface area contributed by atoms with Gasteiger partial charge in [0.25, 0.3) is 5.91 Å². The fraction of sp³-hybridized carbons (Fsp3) is 0.300. The quantitative estimate of drug-likeness (QED) is 0.788. The van der Waals surface area contributed by atoms with Crippen LogP contribution in [-0.4, -0.2) is 29.0 Å².